The summed E-state index contributed by atoms with van der Waals surface area (Å²) in [5.74, 6) is -0.100. The van der Waals surface area contributed by atoms with Crippen LogP contribution in [0, 0.1) is 0 Å². The number of methoxy groups -OCH3 is 2. The van der Waals surface area contributed by atoms with E-state index in [2.05, 4.69) is 4.74 Å². The van der Waals surface area contributed by atoms with Crippen molar-refractivity contribution in [2.45, 2.75) is 0 Å². The average molecular weight is 284 g/mol. The molecule has 0 saturated heterocycles. The maximum absolute atomic E-state index is 11.3. The molecule has 0 aromatic heterocycles. The Balaban J connectivity index is 2.50. The quantitative estimate of drug-likeness (QED) is 0.324. The van der Waals surface area contributed by atoms with Crippen LogP contribution in [0.25, 0.3) is 0 Å². The number of esters is 1. The summed E-state index contributed by atoms with van der Waals surface area (Å²) in [6, 6.07) is 6.06. The van der Waals surface area contributed by atoms with E-state index in [-0.39, 0.29) is 31.3 Å². The van der Waals surface area contributed by atoms with Crippen LogP contribution in [0.3, 0.4) is 0 Å². The van der Waals surface area contributed by atoms with E-state index in [9.17, 15) is 9.59 Å². The normalized spacial score (nSPS) is 9.90. The minimum absolute atomic E-state index is 0.0951. The molecule has 0 saturated carbocycles. The Morgan fingerprint density at radius 3 is 2.35 bits per heavy atom. The van der Waals surface area contributed by atoms with E-state index >= 15 is 0 Å². The van der Waals surface area contributed by atoms with Crippen LogP contribution in [0.2, 0.25) is 0 Å². The molecule has 1 aromatic carbocycles. The zero-order chi connectivity index (χ0) is 14.8. The van der Waals surface area contributed by atoms with Crippen LogP contribution in [-0.2, 0) is 19.0 Å². The third kappa shape index (κ3) is 6.17. The first kappa shape index (κ1) is 15.9. The smallest absolute Gasteiger partial charge is 0.432 e. The summed E-state index contributed by atoms with van der Waals surface area (Å²) in [5.41, 5.74) is 0. The van der Waals surface area contributed by atoms with E-state index in [1.165, 1.54) is 26.4 Å². The highest BCUT2D eigenvalue weighted by atomic mass is 16.7. The zero-order valence-electron chi connectivity index (χ0n) is 11.3. The number of carbonyl (C=O) groups excluding carboxylic acids is 2. The zero-order valence-corrected chi connectivity index (χ0v) is 11.3. The van der Waals surface area contributed by atoms with Crippen LogP contribution in [-0.4, -0.2) is 46.2 Å². The molecule has 1 rings (SSSR count). The second-order valence-electron chi connectivity index (χ2n) is 3.58. The average Bonchev–Trinajstić information content (AvgIpc) is 2.39. The Hall–Kier alpha value is -2.12. The Morgan fingerprint density at radius 1 is 1.00 bits per heavy atom. The van der Waals surface area contributed by atoms with Gasteiger partial charge in [-0.05, 0) is 12.1 Å². The molecule has 0 unspecified atom stereocenters. The minimum Gasteiger partial charge on any atom is -0.432 e. The molecule has 7 nitrogen and oxygen atoms in total. The van der Waals surface area contributed by atoms with Gasteiger partial charge in [0, 0.05) is 20.3 Å². The van der Waals surface area contributed by atoms with E-state index in [1.807, 2.05) is 0 Å². The van der Waals surface area contributed by atoms with Gasteiger partial charge in [-0.25, -0.2) is 9.59 Å². The largest absolute Gasteiger partial charge is 0.513 e. The van der Waals surface area contributed by atoms with Crippen LogP contribution in [0.15, 0.2) is 24.3 Å². The molecule has 0 heterocycles. The molecule has 110 valence electrons. The molecule has 0 N–H and O–H groups in total. The van der Waals surface area contributed by atoms with Crippen molar-refractivity contribution < 1.29 is 33.3 Å². The van der Waals surface area contributed by atoms with Crippen molar-refractivity contribution >= 4 is 12.1 Å². The Labute approximate surface area is 116 Å². The Bertz CT molecular complexity index is 444. The fraction of sp³-hybridized carbons (Fsp3) is 0.385. The predicted octanol–water partition coefficient (Wildman–Crippen LogP) is 1.40. The van der Waals surface area contributed by atoms with E-state index in [1.54, 1.807) is 12.1 Å². The molecule has 0 spiro atoms. The van der Waals surface area contributed by atoms with Crippen LogP contribution in [0.1, 0.15) is 0 Å². The fourth-order valence-corrected chi connectivity index (χ4v) is 1.21. The molecule has 0 atom stereocenters. The van der Waals surface area contributed by atoms with Crippen molar-refractivity contribution in [3.8, 4) is 11.5 Å². The lowest BCUT2D eigenvalue weighted by molar-refractivity contribution is -0.138. The van der Waals surface area contributed by atoms with Crippen molar-refractivity contribution in [3.05, 3.63) is 24.3 Å². The first-order valence-corrected chi connectivity index (χ1v) is 5.79. The van der Waals surface area contributed by atoms with E-state index in [0.717, 1.165) is 0 Å². The van der Waals surface area contributed by atoms with E-state index in [4.69, 9.17) is 18.9 Å². The van der Waals surface area contributed by atoms with Crippen LogP contribution >= 0.6 is 0 Å². The molecule has 0 amide bonds. The lowest BCUT2D eigenvalue weighted by Gasteiger charge is -2.07. The third-order valence-corrected chi connectivity index (χ3v) is 2.01. The van der Waals surface area contributed by atoms with Gasteiger partial charge in [-0.3, -0.25) is 0 Å². The summed E-state index contributed by atoms with van der Waals surface area (Å²) < 4.78 is 24.0. The SMILES string of the molecule is COCCOC(=O)Oc1cccc(OC(=O)COC)c1. The summed E-state index contributed by atoms with van der Waals surface area (Å²) in [6.07, 6.45) is -0.859. The number of benzene rings is 1. The van der Waals surface area contributed by atoms with Gasteiger partial charge in [0.1, 0.15) is 24.7 Å². The molecular weight excluding hydrogens is 268 g/mol. The number of rotatable bonds is 7. The minimum atomic E-state index is -0.859. The standard InChI is InChI=1S/C13H16O7/c1-16-6-7-18-13(15)20-11-5-3-4-10(8-11)19-12(14)9-17-2/h3-5,8H,6-7,9H2,1-2H3. The van der Waals surface area contributed by atoms with Crippen LogP contribution in [0.5, 0.6) is 11.5 Å². The molecule has 0 bridgehead atoms. The van der Waals surface area contributed by atoms with Gasteiger partial charge >= 0.3 is 12.1 Å². The summed E-state index contributed by atoms with van der Waals surface area (Å²) in [4.78, 5) is 22.5. The van der Waals surface area contributed by atoms with Gasteiger partial charge in [0.05, 0.1) is 6.61 Å². The Morgan fingerprint density at radius 2 is 1.70 bits per heavy atom. The second-order valence-corrected chi connectivity index (χ2v) is 3.58. The summed E-state index contributed by atoms with van der Waals surface area (Å²) in [7, 11) is 2.88. The molecular formula is C13H16O7. The van der Waals surface area contributed by atoms with Crippen molar-refractivity contribution in [2.24, 2.45) is 0 Å². The monoisotopic (exact) mass is 284 g/mol. The molecule has 20 heavy (non-hydrogen) atoms. The summed E-state index contributed by atoms with van der Waals surface area (Å²) >= 11 is 0. The summed E-state index contributed by atoms with van der Waals surface area (Å²) in [5, 5.41) is 0. The number of hydrogen-bond acceptors (Lipinski definition) is 7. The lowest BCUT2D eigenvalue weighted by Crippen LogP contribution is -2.15. The molecule has 1 aromatic rings. The van der Waals surface area contributed by atoms with Gasteiger partial charge in [-0.1, -0.05) is 6.07 Å². The van der Waals surface area contributed by atoms with Crippen molar-refractivity contribution in [2.75, 3.05) is 34.0 Å². The summed E-state index contributed by atoms with van der Waals surface area (Å²) in [6.45, 7) is 0.214. The molecule has 0 aliphatic rings. The molecule has 0 radical (unpaired) electrons. The molecule has 0 fully saturated rings. The maximum atomic E-state index is 11.3. The highest BCUT2D eigenvalue weighted by Crippen LogP contribution is 2.20. The van der Waals surface area contributed by atoms with Crippen molar-refractivity contribution in [1.82, 2.24) is 0 Å². The van der Waals surface area contributed by atoms with Gasteiger partial charge in [0.2, 0.25) is 0 Å². The number of hydrogen-bond donors (Lipinski definition) is 0. The van der Waals surface area contributed by atoms with Gasteiger partial charge in [0.15, 0.2) is 0 Å². The van der Waals surface area contributed by atoms with E-state index < -0.39 is 12.1 Å². The highest BCUT2D eigenvalue weighted by molar-refractivity contribution is 5.73. The van der Waals surface area contributed by atoms with Gasteiger partial charge in [-0.2, -0.15) is 0 Å². The third-order valence-electron chi connectivity index (χ3n) is 2.01. The van der Waals surface area contributed by atoms with E-state index in [0.29, 0.717) is 0 Å². The van der Waals surface area contributed by atoms with Crippen LogP contribution in [0.4, 0.5) is 4.79 Å². The number of carbonyl (C=O) groups is 2. The van der Waals surface area contributed by atoms with Gasteiger partial charge < -0.3 is 23.7 Å². The molecule has 0 aliphatic carbocycles. The lowest BCUT2D eigenvalue weighted by atomic mass is 10.3. The Kier molecular flexibility index (Phi) is 7.08. The van der Waals surface area contributed by atoms with Crippen LogP contribution < -0.4 is 9.47 Å². The maximum Gasteiger partial charge on any atom is 0.513 e. The molecule has 0 aliphatic heterocycles. The van der Waals surface area contributed by atoms with Crippen molar-refractivity contribution in [1.29, 1.82) is 0 Å². The van der Waals surface area contributed by atoms with Gasteiger partial charge in [-0.15, -0.1) is 0 Å². The fourth-order valence-electron chi connectivity index (χ4n) is 1.21. The van der Waals surface area contributed by atoms with Crippen molar-refractivity contribution in [3.63, 3.8) is 0 Å². The second kappa shape index (κ2) is 8.89. The number of ether oxygens (including phenoxy) is 5. The van der Waals surface area contributed by atoms with Gasteiger partial charge in [0.25, 0.3) is 0 Å². The first-order valence-electron chi connectivity index (χ1n) is 5.79. The predicted molar refractivity (Wildman–Crippen MR) is 67.8 cm³/mol. The topological polar surface area (TPSA) is 80.3 Å². The first-order chi connectivity index (χ1) is 9.65. The molecule has 7 heteroatoms. The highest BCUT2D eigenvalue weighted by Gasteiger charge is 2.09.